The van der Waals surface area contributed by atoms with Gasteiger partial charge in [-0.15, -0.1) is 0 Å². The molecule has 4 rings (SSSR count). The summed E-state index contributed by atoms with van der Waals surface area (Å²) in [4.78, 5) is 41.4. The quantitative estimate of drug-likeness (QED) is 0.340. The van der Waals surface area contributed by atoms with Crippen LogP contribution in [-0.4, -0.2) is 15.8 Å². The summed E-state index contributed by atoms with van der Waals surface area (Å²) < 4.78 is 0. The van der Waals surface area contributed by atoms with Crippen LogP contribution in [0.2, 0.25) is 0 Å². The van der Waals surface area contributed by atoms with Crippen LogP contribution in [-0.2, 0) is 6.54 Å². The van der Waals surface area contributed by atoms with Crippen molar-refractivity contribution in [2.24, 2.45) is 0 Å². The number of aromatic nitrogens is 1. The fourth-order valence-electron chi connectivity index (χ4n) is 3.81. The van der Waals surface area contributed by atoms with Crippen LogP contribution in [0.3, 0.4) is 0 Å². The Morgan fingerprint density at radius 1 is 0.939 bits per heavy atom. The van der Waals surface area contributed by atoms with Crippen molar-refractivity contribution in [1.29, 1.82) is 0 Å². The van der Waals surface area contributed by atoms with Gasteiger partial charge in [-0.25, -0.2) is 0 Å². The number of H-pyrrole nitrogens is 1. The fraction of sp³-hybridized carbons (Fsp3) is 0.154. The first-order valence-corrected chi connectivity index (χ1v) is 10.5. The molecule has 0 unspecified atom stereocenters. The molecule has 166 valence electrons. The highest BCUT2D eigenvalue weighted by molar-refractivity contribution is 6.06. The Bertz CT molecular complexity index is 1440. The molecule has 1 N–H and O–H groups in total. The molecule has 3 aromatic carbocycles. The monoisotopic (exact) mass is 441 g/mol. The van der Waals surface area contributed by atoms with Crippen molar-refractivity contribution in [3.8, 4) is 0 Å². The zero-order valence-electron chi connectivity index (χ0n) is 18.6. The molecule has 0 aliphatic rings. The van der Waals surface area contributed by atoms with Gasteiger partial charge >= 0.3 is 0 Å². The topological polar surface area (TPSA) is 96.3 Å². The number of rotatable bonds is 5. The molecule has 1 heterocycles. The number of fused-ring (bicyclic) bond motifs is 1. The van der Waals surface area contributed by atoms with Gasteiger partial charge in [0.05, 0.1) is 11.5 Å². The Labute approximate surface area is 190 Å². The van der Waals surface area contributed by atoms with Gasteiger partial charge in [-0.3, -0.25) is 19.7 Å². The number of hydrogen-bond acceptors (Lipinski definition) is 4. The number of amides is 1. The predicted molar refractivity (Wildman–Crippen MR) is 129 cm³/mol. The van der Waals surface area contributed by atoms with E-state index >= 15 is 0 Å². The third kappa shape index (κ3) is 4.52. The van der Waals surface area contributed by atoms with E-state index in [1.807, 2.05) is 57.2 Å². The Morgan fingerprint density at radius 3 is 2.30 bits per heavy atom. The van der Waals surface area contributed by atoms with Gasteiger partial charge in [0.2, 0.25) is 0 Å². The molecule has 0 saturated carbocycles. The summed E-state index contributed by atoms with van der Waals surface area (Å²) in [6.45, 7) is 5.84. The number of benzene rings is 3. The number of pyridine rings is 1. The molecular weight excluding hydrogens is 418 g/mol. The van der Waals surface area contributed by atoms with E-state index in [9.17, 15) is 19.7 Å². The van der Waals surface area contributed by atoms with Crippen LogP contribution >= 0.6 is 0 Å². The van der Waals surface area contributed by atoms with E-state index in [4.69, 9.17) is 0 Å². The highest BCUT2D eigenvalue weighted by Crippen LogP contribution is 2.26. The minimum atomic E-state index is -0.507. The van der Waals surface area contributed by atoms with Gasteiger partial charge in [-0.1, -0.05) is 24.3 Å². The Morgan fingerprint density at radius 2 is 1.61 bits per heavy atom. The van der Waals surface area contributed by atoms with Crippen molar-refractivity contribution in [1.82, 2.24) is 4.98 Å². The molecule has 0 aliphatic carbocycles. The minimum Gasteiger partial charge on any atom is -0.322 e. The Kier molecular flexibility index (Phi) is 5.79. The minimum absolute atomic E-state index is 0.0548. The van der Waals surface area contributed by atoms with Gasteiger partial charge in [-0.05, 0) is 73.2 Å². The average Bonchev–Trinajstić information content (AvgIpc) is 2.79. The number of carbonyl (C=O) groups excluding carboxylic acids is 1. The van der Waals surface area contributed by atoms with E-state index in [2.05, 4.69) is 4.98 Å². The van der Waals surface area contributed by atoms with Gasteiger partial charge in [0.25, 0.3) is 17.2 Å². The highest BCUT2D eigenvalue weighted by atomic mass is 16.6. The first-order chi connectivity index (χ1) is 15.7. The van der Waals surface area contributed by atoms with Gasteiger partial charge in [0.1, 0.15) is 0 Å². The second-order valence-corrected chi connectivity index (χ2v) is 8.20. The number of anilines is 1. The van der Waals surface area contributed by atoms with E-state index in [1.54, 1.807) is 11.0 Å². The van der Waals surface area contributed by atoms with E-state index in [0.717, 1.165) is 27.6 Å². The molecule has 0 aliphatic heterocycles. The molecule has 4 aromatic rings. The number of carbonyl (C=O) groups is 1. The maximum Gasteiger partial charge on any atom is 0.269 e. The molecule has 0 spiro atoms. The summed E-state index contributed by atoms with van der Waals surface area (Å²) >= 11 is 0. The van der Waals surface area contributed by atoms with Crippen LogP contribution in [0, 0.1) is 30.9 Å². The van der Waals surface area contributed by atoms with Crippen LogP contribution in [0.1, 0.15) is 32.6 Å². The number of non-ortho nitro benzene ring substituents is 1. The summed E-state index contributed by atoms with van der Waals surface area (Å²) in [5, 5.41) is 11.9. The molecule has 0 atom stereocenters. The fourth-order valence-corrected chi connectivity index (χ4v) is 3.81. The standard InChI is InChI=1S/C26H23N3O4/c1-16-5-7-20-14-21(25(30)27-23(20)12-16)15-28(24-13-17(2)4-6-18(24)3)26(31)19-8-10-22(11-9-19)29(32)33/h4-14H,15H2,1-3H3,(H,27,30). The SMILES string of the molecule is Cc1ccc(C)c(N(Cc2cc3ccc(C)cc3[nH]c2=O)C(=O)c2ccc([N+](=O)[O-])cc2)c1. The molecular formula is C26H23N3O4. The van der Waals surface area contributed by atoms with Crippen LogP contribution in [0.5, 0.6) is 0 Å². The summed E-state index contributed by atoms with van der Waals surface area (Å²) in [5.74, 6) is -0.345. The molecule has 0 bridgehead atoms. The van der Waals surface area contributed by atoms with Crippen molar-refractivity contribution in [3.63, 3.8) is 0 Å². The second kappa shape index (κ2) is 8.70. The number of aromatic amines is 1. The lowest BCUT2D eigenvalue weighted by molar-refractivity contribution is -0.384. The summed E-state index contributed by atoms with van der Waals surface area (Å²) in [6, 6.07) is 18.9. The summed E-state index contributed by atoms with van der Waals surface area (Å²) in [5.41, 5.74) is 4.70. The number of nitrogens with zero attached hydrogens (tertiary/aromatic N) is 2. The second-order valence-electron chi connectivity index (χ2n) is 8.20. The first kappa shape index (κ1) is 22.0. The van der Waals surface area contributed by atoms with Gasteiger partial charge in [0.15, 0.2) is 0 Å². The molecule has 33 heavy (non-hydrogen) atoms. The smallest absolute Gasteiger partial charge is 0.269 e. The van der Waals surface area contributed by atoms with Crippen molar-refractivity contribution < 1.29 is 9.72 Å². The van der Waals surface area contributed by atoms with E-state index < -0.39 is 4.92 Å². The van der Waals surface area contributed by atoms with Crippen LogP contribution in [0.4, 0.5) is 11.4 Å². The van der Waals surface area contributed by atoms with Gasteiger partial charge in [0, 0.05) is 34.5 Å². The zero-order valence-corrected chi connectivity index (χ0v) is 18.6. The Hall–Kier alpha value is -4.26. The van der Waals surface area contributed by atoms with Crippen molar-refractivity contribution in [2.75, 3.05) is 4.90 Å². The van der Waals surface area contributed by atoms with Gasteiger partial charge < -0.3 is 9.88 Å². The van der Waals surface area contributed by atoms with E-state index in [1.165, 1.54) is 24.3 Å². The largest absolute Gasteiger partial charge is 0.322 e. The van der Waals surface area contributed by atoms with Crippen LogP contribution in [0.25, 0.3) is 10.9 Å². The molecule has 1 aromatic heterocycles. The lowest BCUT2D eigenvalue weighted by Crippen LogP contribution is -2.33. The average molecular weight is 441 g/mol. The number of nitro groups is 1. The van der Waals surface area contributed by atoms with Crippen molar-refractivity contribution >= 4 is 28.2 Å². The van der Waals surface area contributed by atoms with Crippen molar-refractivity contribution in [2.45, 2.75) is 27.3 Å². The highest BCUT2D eigenvalue weighted by Gasteiger charge is 2.22. The third-order valence-electron chi connectivity index (χ3n) is 5.63. The molecule has 7 nitrogen and oxygen atoms in total. The summed E-state index contributed by atoms with van der Waals surface area (Å²) in [7, 11) is 0. The number of nitrogens with one attached hydrogen (secondary N) is 1. The summed E-state index contributed by atoms with van der Waals surface area (Å²) in [6.07, 6.45) is 0. The van der Waals surface area contributed by atoms with Crippen molar-refractivity contribution in [3.05, 3.63) is 115 Å². The van der Waals surface area contributed by atoms with Crippen LogP contribution < -0.4 is 10.5 Å². The maximum absolute atomic E-state index is 13.6. The predicted octanol–water partition coefficient (Wildman–Crippen LogP) is 5.21. The van der Waals surface area contributed by atoms with Gasteiger partial charge in [-0.2, -0.15) is 0 Å². The number of nitro benzene ring substituents is 1. The number of hydrogen-bond donors (Lipinski definition) is 1. The van der Waals surface area contributed by atoms with E-state index in [-0.39, 0.29) is 23.7 Å². The van der Waals surface area contributed by atoms with E-state index in [0.29, 0.717) is 16.8 Å². The molecule has 0 saturated heterocycles. The van der Waals surface area contributed by atoms with Crippen LogP contribution in [0.15, 0.2) is 71.5 Å². The first-order valence-electron chi connectivity index (χ1n) is 10.5. The zero-order chi connectivity index (χ0) is 23.7. The molecule has 0 fully saturated rings. The Balaban J connectivity index is 1.80. The third-order valence-corrected chi connectivity index (χ3v) is 5.63. The number of aryl methyl sites for hydroxylation is 3. The lowest BCUT2D eigenvalue weighted by Gasteiger charge is -2.25. The lowest BCUT2D eigenvalue weighted by atomic mass is 10.1. The molecule has 7 heteroatoms. The maximum atomic E-state index is 13.6. The molecule has 0 radical (unpaired) electrons. The molecule has 1 amide bonds. The normalized spacial score (nSPS) is 10.9.